The van der Waals surface area contributed by atoms with Gasteiger partial charge in [0.1, 0.15) is 5.60 Å². The van der Waals surface area contributed by atoms with Gasteiger partial charge in [0.25, 0.3) is 6.47 Å². The molecule has 14 heavy (non-hydrogen) atoms. The summed E-state index contributed by atoms with van der Waals surface area (Å²) in [5, 5.41) is 3.41. The summed E-state index contributed by atoms with van der Waals surface area (Å²) < 4.78 is 4.55. The molecule has 0 bridgehead atoms. The zero-order valence-electron chi connectivity index (χ0n) is 9.80. The molecule has 0 aromatic rings. The summed E-state index contributed by atoms with van der Waals surface area (Å²) in [6, 6.07) is 0.847. The number of nitrogens with one attached hydrogen (secondary N) is 1. The molecule has 0 unspecified atom stereocenters. The van der Waals surface area contributed by atoms with Gasteiger partial charge in [0.2, 0.25) is 0 Å². The third-order valence-electron chi connectivity index (χ3n) is 2.06. The Balaban J connectivity index is 0.000000241. The summed E-state index contributed by atoms with van der Waals surface area (Å²) in [6.07, 6.45) is 4.09. The predicted octanol–water partition coefficient (Wildman–Crippen LogP) is 2.11. The van der Waals surface area contributed by atoms with E-state index in [2.05, 4.69) is 17.0 Å². The van der Waals surface area contributed by atoms with E-state index in [1.165, 1.54) is 25.8 Å². The van der Waals surface area contributed by atoms with Gasteiger partial charge in [0.05, 0.1) is 0 Å². The van der Waals surface area contributed by atoms with Crippen LogP contribution in [-0.4, -0.2) is 24.7 Å². The van der Waals surface area contributed by atoms with E-state index >= 15 is 0 Å². The average molecular weight is 201 g/mol. The molecule has 1 N–H and O–H groups in total. The summed E-state index contributed by atoms with van der Waals surface area (Å²) in [7, 11) is 0. The predicted molar refractivity (Wildman–Crippen MR) is 58.2 cm³/mol. The Bertz CT molecular complexity index is 146. The van der Waals surface area contributed by atoms with Gasteiger partial charge in [0.15, 0.2) is 0 Å². The van der Waals surface area contributed by atoms with Crippen LogP contribution in [0.3, 0.4) is 0 Å². The van der Waals surface area contributed by atoms with Gasteiger partial charge in [-0.25, -0.2) is 0 Å². The topological polar surface area (TPSA) is 38.3 Å². The number of hydrogen-bond donors (Lipinski definition) is 1. The van der Waals surface area contributed by atoms with Crippen LogP contribution in [0, 0.1) is 0 Å². The van der Waals surface area contributed by atoms with E-state index in [4.69, 9.17) is 0 Å². The fourth-order valence-corrected chi connectivity index (χ4v) is 1.25. The number of carbonyl (C=O) groups is 1. The Morgan fingerprint density at radius 1 is 1.50 bits per heavy atom. The summed E-state index contributed by atoms with van der Waals surface area (Å²) in [5.41, 5.74) is -0.318. The van der Waals surface area contributed by atoms with Gasteiger partial charge in [-0.3, -0.25) is 4.79 Å². The van der Waals surface area contributed by atoms with Gasteiger partial charge in [0, 0.05) is 6.04 Å². The first kappa shape index (κ1) is 13.4. The minimum atomic E-state index is -0.318. The number of carbonyl (C=O) groups excluding carboxylic acids is 1. The van der Waals surface area contributed by atoms with E-state index in [1.807, 2.05) is 20.8 Å². The molecular formula is C11H23NO2. The normalized spacial score (nSPS) is 21.0. The molecule has 0 radical (unpaired) electrons. The van der Waals surface area contributed by atoms with Crippen molar-refractivity contribution in [1.82, 2.24) is 5.32 Å². The molecule has 1 saturated heterocycles. The summed E-state index contributed by atoms with van der Waals surface area (Å²) in [4.78, 5) is 9.60. The summed E-state index contributed by atoms with van der Waals surface area (Å²) >= 11 is 0. The van der Waals surface area contributed by atoms with Crippen LogP contribution < -0.4 is 5.32 Å². The molecule has 0 amide bonds. The first-order chi connectivity index (χ1) is 6.49. The van der Waals surface area contributed by atoms with Crippen LogP contribution in [0.5, 0.6) is 0 Å². The zero-order valence-corrected chi connectivity index (χ0v) is 9.80. The number of hydrogen-bond acceptors (Lipinski definition) is 3. The minimum absolute atomic E-state index is 0.318. The van der Waals surface area contributed by atoms with E-state index in [0.717, 1.165) is 6.04 Å². The highest BCUT2D eigenvalue weighted by Crippen LogP contribution is 2.06. The van der Waals surface area contributed by atoms with Crippen LogP contribution >= 0.6 is 0 Å². The van der Waals surface area contributed by atoms with Gasteiger partial charge in [-0.2, -0.15) is 0 Å². The maximum Gasteiger partial charge on any atom is 0.293 e. The lowest BCUT2D eigenvalue weighted by Gasteiger charge is -2.14. The highest BCUT2D eigenvalue weighted by molar-refractivity contribution is 5.37. The smallest absolute Gasteiger partial charge is 0.293 e. The SMILES string of the molecule is CC(C)(C)OC=O.CC[C@H]1CCCN1. The van der Waals surface area contributed by atoms with Crippen LogP contribution in [0.4, 0.5) is 0 Å². The van der Waals surface area contributed by atoms with Crippen molar-refractivity contribution < 1.29 is 9.53 Å². The molecule has 3 heteroatoms. The summed E-state index contributed by atoms with van der Waals surface area (Å²) in [5.74, 6) is 0. The van der Waals surface area contributed by atoms with Crippen molar-refractivity contribution in [3.8, 4) is 0 Å². The van der Waals surface area contributed by atoms with Crippen molar-refractivity contribution in [2.75, 3.05) is 6.54 Å². The molecule has 1 rings (SSSR count). The molecule has 0 aromatic carbocycles. The lowest BCUT2D eigenvalue weighted by Crippen LogP contribution is -2.19. The first-order valence-electron chi connectivity index (χ1n) is 5.34. The highest BCUT2D eigenvalue weighted by atomic mass is 16.5. The van der Waals surface area contributed by atoms with Gasteiger partial charge in [-0.05, 0) is 46.6 Å². The molecule has 0 spiro atoms. The molecular weight excluding hydrogens is 178 g/mol. The van der Waals surface area contributed by atoms with Crippen LogP contribution in [0.2, 0.25) is 0 Å². The summed E-state index contributed by atoms with van der Waals surface area (Å²) in [6.45, 7) is 9.41. The van der Waals surface area contributed by atoms with Gasteiger partial charge in [-0.15, -0.1) is 0 Å². The molecule has 1 atom stereocenters. The lowest BCUT2D eigenvalue weighted by atomic mass is 10.2. The average Bonchev–Trinajstić information content (AvgIpc) is 2.54. The quantitative estimate of drug-likeness (QED) is 0.695. The lowest BCUT2D eigenvalue weighted by molar-refractivity contribution is -0.138. The molecule has 0 saturated carbocycles. The number of ether oxygens (including phenoxy) is 1. The second kappa shape index (κ2) is 6.82. The van der Waals surface area contributed by atoms with E-state index in [1.54, 1.807) is 0 Å². The Hall–Kier alpha value is -0.570. The van der Waals surface area contributed by atoms with Gasteiger partial charge < -0.3 is 10.1 Å². The Kier molecular flexibility index (Phi) is 6.54. The fraction of sp³-hybridized carbons (Fsp3) is 0.909. The second-order valence-electron chi connectivity index (χ2n) is 4.53. The van der Waals surface area contributed by atoms with E-state index < -0.39 is 0 Å². The number of rotatable bonds is 2. The van der Waals surface area contributed by atoms with Crippen LogP contribution in [0.15, 0.2) is 0 Å². The molecule has 1 aliphatic rings. The van der Waals surface area contributed by atoms with E-state index in [9.17, 15) is 4.79 Å². The molecule has 1 heterocycles. The largest absolute Gasteiger partial charge is 0.462 e. The molecule has 84 valence electrons. The van der Waals surface area contributed by atoms with Crippen LogP contribution in [-0.2, 0) is 9.53 Å². The van der Waals surface area contributed by atoms with Gasteiger partial charge in [-0.1, -0.05) is 6.92 Å². The van der Waals surface area contributed by atoms with Crippen molar-refractivity contribution >= 4 is 6.47 Å². The Labute approximate surface area is 87.2 Å². The Morgan fingerprint density at radius 3 is 2.29 bits per heavy atom. The maximum atomic E-state index is 9.60. The van der Waals surface area contributed by atoms with E-state index in [0.29, 0.717) is 6.47 Å². The first-order valence-corrected chi connectivity index (χ1v) is 5.34. The van der Waals surface area contributed by atoms with Crippen molar-refractivity contribution in [1.29, 1.82) is 0 Å². The fourth-order valence-electron chi connectivity index (χ4n) is 1.25. The zero-order chi connectivity index (χ0) is 11.0. The third kappa shape index (κ3) is 8.05. The molecule has 0 aliphatic carbocycles. The standard InChI is InChI=1S/C6H13N.C5H10O2/c1-2-6-4-3-5-7-6;1-5(2,3)7-4-6/h6-7H,2-5H2,1H3;4H,1-3H3/t6-;/m0./s1. The molecule has 3 nitrogen and oxygen atoms in total. The van der Waals surface area contributed by atoms with Crippen LogP contribution in [0.25, 0.3) is 0 Å². The molecule has 0 aromatic heterocycles. The van der Waals surface area contributed by atoms with Crippen molar-refractivity contribution in [2.24, 2.45) is 0 Å². The molecule has 1 aliphatic heterocycles. The van der Waals surface area contributed by atoms with Gasteiger partial charge >= 0.3 is 0 Å². The van der Waals surface area contributed by atoms with Crippen molar-refractivity contribution in [2.45, 2.75) is 58.6 Å². The van der Waals surface area contributed by atoms with E-state index in [-0.39, 0.29) is 5.60 Å². The monoisotopic (exact) mass is 201 g/mol. The Morgan fingerprint density at radius 2 is 2.14 bits per heavy atom. The van der Waals surface area contributed by atoms with Crippen molar-refractivity contribution in [3.63, 3.8) is 0 Å². The second-order valence-corrected chi connectivity index (χ2v) is 4.53. The highest BCUT2D eigenvalue weighted by Gasteiger charge is 2.09. The molecule has 1 fully saturated rings. The third-order valence-corrected chi connectivity index (χ3v) is 2.06. The van der Waals surface area contributed by atoms with Crippen molar-refractivity contribution in [3.05, 3.63) is 0 Å². The minimum Gasteiger partial charge on any atom is -0.462 e. The maximum absolute atomic E-state index is 9.60. The van der Waals surface area contributed by atoms with Crippen LogP contribution in [0.1, 0.15) is 47.0 Å².